The number of nitrogens with one attached hydrogen (secondary N) is 2. The van der Waals surface area contributed by atoms with Gasteiger partial charge in [0.1, 0.15) is 5.60 Å². The fourth-order valence-electron chi connectivity index (χ4n) is 3.92. The highest BCUT2D eigenvalue weighted by atomic mass is 16.6. The molecule has 0 aliphatic heterocycles. The first kappa shape index (κ1) is 18.1. The van der Waals surface area contributed by atoms with Gasteiger partial charge in [0.05, 0.1) is 0 Å². The first-order valence-electron chi connectivity index (χ1n) is 9.77. The summed E-state index contributed by atoms with van der Waals surface area (Å²) < 4.78 is 5.35. The molecule has 0 heterocycles. The van der Waals surface area contributed by atoms with Gasteiger partial charge in [-0.1, -0.05) is 6.07 Å². The lowest BCUT2D eigenvalue weighted by atomic mass is 9.89. The Balaban J connectivity index is 1.46. The van der Waals surface area contributed by atoms with E-state index >= 15 is 0 Å². The highest BCUT2D eigenvalue weighted by molar-refractivity contribution is 5.68. The summed E-state index contributed by atoms with van der Waals surface area (Å²) in [7, 11) is 0. The zero-order chi connectivity index (χ0) is 17.9. The molecule has 3 rings (SSSR count). The molecule has 1 aromatic carbocycles. The number of rotatable bonds is 3. The summed E-state index contributed by atoms with van der Waals surface area (Å²) in [6, 6.07) is 7.61. The van der Waals surface area contributed by atoms with E-state index < -0.39 is 5.60 Å². The van der Waals surface area contributed by atoms with Crippen LogP contribution in [0, 0.1) is 0 Å². The fraction of sp³-hybridized carbons (Fsp3) is 0.667. The third-order valence-corrected chi connectivity index (χ3v) is 5.17. The van der Waals surface area contributed by atoms with E-state index in [1.165, 1.54) is 42.5 Å². The molecule has 1 saturated carbocycles. The predicted molar refractivity (Wildman–Crippen MR) is 102 cm³/mol. The molecule has 0 aromatic heterocycles. The van der Waals surface area contributed by atoms with Crippen molar-refractivity contribution in [2.24, 2.45) is 0 Å². The SMILES string of the molecule is CC(C)(C)OC(=O)NC1CCC(Nc2ccc3c(c2)CCCC3)CC1. The van der Waals surface area contributed by atoms with Crippen LogP contribution in [0.15, 0.2) is 18.2 Å². The molecule has 1 amide bonds. The van der Waals surface area contributed by atoms with Crippen LogP contribution in [0.2, 0.25) is 0 Å². The number of hydrogen-bond acceptors (Lipinski definition) is 3. The number of anilines is 1. The summed E-state index contributed by atoms with van der Waals surface area (Å²) in [6.45, 7) is 5.68. The van der Waals surface area contributed by atoms with Gasteiger partial charge in [-0.25, -0.2) is 4.79 Å². The first-order valence-corrected chi connectivity index (χ1v) is 9.77. The van der Waals surface area contributed by atoms with Crippen LogP contribution >= 0.6 is 0 Å². The number of hydrogen-bond donors (Lipinski definition) is 2. The maximum Gasteiger partial charge on any atom is 0.407 e. The van der Waals surface area contributed by atoms with Crippen LogP contribution in [-0.2, 0) is 17.6 Å². The average Bonchev–Trinajstić information content (AvgIpc) is 2.55. The van der Waals surface area contributed by atoms with E-state index in [2.05, 4.69) is 28.8 Å². The standard InChI is InChI=1S/C21H32N2O2/c1-21(2,3)25-20(24)23-18-12-10-17(11-13-18)22-19-9-8-15-6-4-5-7-16(15)14-19/h8-9,14,17-18,22H,4-7,10-13H2,1-3H3,(H,23,24). The van der Waals surface area contributed by atoms with Crippen molar-refractivity contribution < 1.29 is 9.53 Å². The fourth-order valence-corrected chi connectivity index (χ4v) is 3.92. The minimum Gasteiger partial charge on any atom is -0.444 e. The van der Waals surface area contributed by atoms with Crippen LogP contribution in [-0.4, -0.2) is 23.8 Å². The molecule has 138 valence electrons. The topological polar surface area (TPSA) is 50.4 Å². The number of amides is 1. The summed E-state index contributed by atoms with van der Waals surface area (Å²) >= 11 is 0. The molecule has 0 saturated heterocycles. The molecule has 2 aliphatic rings. The van der Waals surface area contributed by atoms with Crippen LogP contribution in [0.1, 0.15) is 70.4 Å². The molecule has 25 heavy (non-hydrogen) atoms. The third kappa shape index (κ3) is 5.38. The van der Waals surface area contributed by atoms with Gasteiger partial charge >= 0.3 is 6.09 Å². The highest BCUT2D eigenvalue weighted by Gasteiger charge is 2.24. The van der Waals surface area contributed by atoms with Crippen molar-refractivity contribution in [1.82, 2.24) is 5.32 Å². The molecule has 2 aliphatic carbocycles. The van der Waals surface area contributed by atoms with E-state index in [0.717, 1.165) is 25.7 Å². The molecule has 1 fully saturated rings. The molecular formula is C21H32N2O2. The van der Waals surface area contributed by atoms with Gasteiger partial charge in [0.2, 0.25) is 0 Å². The highest BCUT2D eigenvalue weighted by Crippen LogP contribution is 2.27. The first-order chi connectivity index (χ1) is 11.9. The van der Waals surface area contributed by atoms with Crippen LogP contribution in [0.25, 0.3) is 0 Å². The molecule has 4 nitrogen and oxygen atoms in total. The Labute approximate surface area is 151 Å². The number of fused-ring (bicyclic) bond motifs is 1. The number of alkyl carbamates (subject to hydrolysis) is 1. The van der Waals surface area contributed by atoms with Crippen molar-refractivity contribution >= 4 is 11.8 Å². The lowest BCUT2D eigenvalue weighted by Crippen LogP contribution is -2.42. The lowest BCUT2D eigenvalue weighted by Gasteiger charge is -2.31. The number of carbonyl (C=O) groups excluding carboxylic acids is 1. The van der Waals surface area contributed by atoms with E-state index in [1.807, 2.05) is 20.8 Å². The number of benzene rings is 1. The van der Waals surface area contributed by atoms with Gasteiger partial charge in [-0.3, -0.25) is 0 Å². The zero-order valence-electron chi connectivity index (χ0n) is 15.9. The van der Waals surface area contributed by atoms with Gasteiger partial charge < -0.3 is 15.4 Å². The normalized spacial score (nSPS) is 23.5. The molecule has 0 bridgehead atoms. The van der Waals surface area contributed by atoms with Gasteiger partial charge in [-0.15, -0.1) is 0 Å². The Kier molecular flexibility index (Phi) is 5.55. The van der Waals surface area contributed by atoms with Crippen molar-refractivity contribution in [1.29, 1.82) is 0 Å². The van der Waals surface area contributed by atoms with E-state index in [0.29, 0.717) is 6.04 Å². The van der Waals surface area contributed by atoms with Gasteiger partial charge in [-0.2, -0.15) is 0 Å². The van der Waals surface area contributed by atoms with Crippen molar-refractivity contribution in [2.75, 3.05) is 5.32 Å². The van der Waals surface area contributed by atoms with Crippen LogP contribution in [0.4, 0.5) is 10.5 Å². The largest absolute Gasteiger partial charge is 0.444 e. The summed E-state index contributed by atoms with van der Waals surface area (Å²) in [5, 5.41) is 6.71. The molecule has 0 radical (unpaired) electrons. The summed E-state index contributed by atoms with van der Waals surface area (Å²) in [6.07, 6.45) is 8.97. The summed E-state index contributed by atoms with van der Waals surface area (Å²) in [5.41, 5.74) is 3.87. The number of carbonyl (C=O) groups is 1. The van der Waals surface area contributed by atoms with E-state index in [1.54, 1.807) is 0 Å². The number of aryl methyl sites for hydroxylation is 2. The summed E-state index contributed by atoms with van der Waals surface area (Å²) in [4.78, 5) is 11.9. The van der Waals surface area contributed by atoms with Gasteiger partial charge in [0, 0.05) is 17.8 Å². The Morgan fingerprint density at radius 3 is 2.32 bits per heavy atom. The maximum atomic E-state index is 11.9. The molecule has 2 N–H and O–H groups in total. The average molecular weight is 344 g/mol. The van der Waals surface area contributed by atoms with Crippen molar-refractivity contribution in [3.05, 3.63) is 29.3 Å². The van der Waals surface area contributed by atoms with Crippen LogP contribution < -0.4 is 10.6 Å². The second-order valence-corrected chi connectivity index (χ2v) is 8.53. The minimum absolute atomic E-state index is 0.233. The second-order valence-electron chi connectivity index (χ2n) is 8.53. The van der Waals surface area contributed by atoms with E-state index in [-0.39, 0.29) is 12.1 Å². The molecule has 4 heteroatoms. The quantitative estimate of drug-likeness (QED) is 0.827. The number of ether oxygens (including phenoxy) is 1. The van der Waals surface area contributed by atoms with Crippen molar-refractivity contribution in [3.63, 3.8) is 0 Å². The monoisotopic (exact) mass is 344 g/mol. The van der Waals surface area contributed by atoms with E-state index in [4.69, 9.17) is 4.74 Å². The van der Waals surface area contributed by atoms with Gasteiger partial charge in [0.25, 0.3) is 0 Å². The smallest absolute Gasteiger partial charge is 0.407 e. The lowest BCUT2D eigenvalue weighted by molar-refractivity contribution is 0.0492. The molecule has 1 aromatic rings. The molecular weight excluding hydrogens is 312 g/mol. The van der Waals surface area contributed by atoms with Crippen molar-refractivity contribution in [2.45, 2.75) is 89.8 Å². The minimum atomic E-state index is -0.435. The Hall–Kier alpha value is -1.71. The van der Waals surface area contributed by atoms with E-state index in [9.17, 15) is 4.79 Å². The predicted octanol–water partition coefficient (Wildman–Crippen LogP) is 4.81. The Morgan fingerprint density at radius 1 is 1.00 bits per heavy atom. The second kappa shape index (κ2) is 7.67. The van der Waals surface area contributed by atoms with Crippen LogP contribution in [0.3, 0.4) is 0 Å². The van der Waals surface area contributed by atoms with Crippen molar-refractivity contribution in [3.8, 4) is 0 Å². The molecule has 0 atom stereocenters. The maximum absolute atomic E-state index is 11.9. The third-order valence-electron chi connectivity index (χ3n) is 5.17. The Bertz CT molecular complexity index is 598. The van der Waals surface area contributed by atoms with Gasteiger partial charge in [-0.05, 0) is 95.4 Å². The Morgan fingerprint density at radius 2 is 1.64 bits per heavy atom. The molecule has 0 unspecified atom stereocenters. The summed E-state index contributed by atoms with van der Waals surface area (Å²) in [5.74, 6) is 0. The van der Waals surface area contributed by atoms with Gasteiger partial charge in [0.15, 0.2) is 0 Å². The van der Waals surface area contributed by atoms with Crippen LogP contribution in [0.5, 0.6) is 0 Å². The molecule has 0 spiro atoms. The zero-order valence-corrected chi connectivity index (χ0v) is 15.9.